The Labute approximate surface area is 159 Å². The Bertz CT molecular complexity index is 818. The number of benzene rings is 1. The van der Waals surface area contributed by atoms with Gasteiger partial charge in [-0.2, -0.15) is 5.10 Å². The molecule has 3 rings (SSSR count). The van der Waals surface area contributed by atoms with Crippen molar-refractivity contribution in [3.63, 3.8) is 0 Å². The number of nitrogens with one attached hydrogen (secondary N) is 1. The lowest BCUT2D eigenvalue weighted by atomic mass is 9.95. The Morgan fingerprint density at radius 2 is 1.81 bits per heavy atom. The van der Waals surface area contributed by atoms with E-state index in [0.29, 0.717) is 18.0 Å². The molecule has 0 radical (unpaired) electrons. The number of hydrogen-bond donors (Lipinski definition) is 2. The average Bonchev–Trinajstić information content (AvgIpc) is 2.95. The zero-order valence-corrected chi connectivity index (χ0v) is 16.0. The molecule has 0 aliphatic heterocycles. The van der Waals surface area contributed by atoms with Gasteiger partial charge in [0.05, 0.1) is 11.4 Å². The van der Waals surface area contributed by atoms with Crippen LogP contribution in [0.25, 0.3) is 5.69 Å². The highest BCUT2D eigenvalue weighted by atomic mass is 16.4. The zero-order chi connectivity index (χ0) is 19.4. The predicted molar refractivity (Wildman–Crippen MR) is 103 cm³/mol. The number of aryl methyl sites for hydroxylation is 1. The van der Waals surface area contributed by atoms with E-state index in [-0.39, 0.29) is 12.3 Å². The SMILES string of the molecule is Cc1nn(-c2ccc(C(=O)NC3CCCCC3)cc2)c(C)c1CCC(=O)O. The molecule has 1 saturated carbocycles. The molecule has 1 aromatic heterocycles. The molecule has 6 heteroatoms. The highest BCUT2D eigenvalue weighted by molar-refractivity contribution is 5.94. The lowest BCUT2D eigenvalue weighted by Gasteiger charge is -2.22. The van der Waals surface area contributed by atoms with Gasteiger partial charge in [0.15, 0.2) is 0 Å². The van der Waals surface area contributed by atoms with Crippen molar-refractivity contribution < 1.29 is 14.7 Å². The van der Waals surface area contributed by atoms with Gasteiger partial charge in [-0.3, -0.25) is 9.59 Å². The Morgan fingerprint density at radius 3 is 2.44 bits per heavy atom. The molecule has 0 atom stereocenters. The Balaban J connectivity index is 1.72. The van der Waals surface area contributed by atoms with E-state index in [1.807, 2.05) is 42.8 Å². The first-order valence-electron chi connectivity index (χ1n) is 9.64. The Morgan fingerprint density at radius 1 is 1.15 bits per heavy atom. The van der Waals surface area contributed by atoms with Crippen LogP contribution >= 0.6 is 0 Å². The van der Waals surface area contributed by atoms with E-state index in [0.717, 1.165) is 35.5 Å². The van der Waals surface area contributed by atoms with Crippen molar-refractivity contribution in [3.05, 3.63) is 46.8 Å². The van der Waals surface area contributed by atoms with Gasteiger partial charge < -0.3 is 10.4 Å². The molecular formula is C21H27N3O3. The summed E-state index contributed by atoms with van der Waals surface area (Å²) in [5, 5.41) is 16.6. The molecule has 1 aliphatic carbocycles. The van der Waals surface area contributed by atoms with Gasteiger partial charge in [-0.25, -0.2) is 4.68 Å². The number of aromatic nitrogens is 2. The van der Waals surface area contributed by atoms with E-state index in [1.54, 1.807) is 0 Å². The second-order valence-corrected chi connectivity index (χ2v) is 7.31. The van der Waals surface area contributed by atoms with Gasteiger partial charge in [0, 0.05) is 23.7 Å². The van der Waals surface area contributed by atoms with E-state index in [4.69, 9.17) is 5.11 Å². The fourth-order valence-electron chi connectivity index (χ4n) is 3.79. The minimum atomic E-state index is -0.810. The summed E-state index contributed by atoms with van der Waals surface area (Å²) < 4.78 is 1.81. The number of carboxylic acid groups (broad SMARTS) is 1. The maximum Gasteiger partial charge on any atom is 0.303 e. The van der Waals surface area contributed by atoms with E-state index in [2.05, 4.69) is 10.4 Å². The first-order valence-corrected chi connectivity index (χ1v) is 9.64. The van der Waals surface area contributed by atoms with Crippen LogP contribution in [-0.4, -0.2) is 32.8 Å². The molecule has 27 heavy (non-hydrogen) atoms. The van der Waals surface area contributed by atoms with Crippen LogP contribution in [-0.2, 0) is 11.2 Å². The number of nitrogens with zero attached hydrogens (tertiary/aromatic N) is 2. The number of carbonyl (C=O) groups is 2. The monoisotopic (exact) mass is 369 g/mol. The fraction of sp³-hybridized carbons (Fsp3) is 0.476. The van der Waals surface area contributed by atoms with Gasteiger partial charge in [0.1, 0.15) is 0 Å². The summed E-state index contributed by atoms with van der Waals surface area (Å²) in [5.74, 6) is -0.834. The van der Waals surface area contributed by atoms with Gasteiger partial charge >= 0.3 is 5.97 Å². The summed E-state index contributed by atoms with van der Waals surface area (Å²) in [6.45, 7) is 3.84. The first-order chi connectivity index (χ1) is 13.0. The van der Waals surface area contributed by atoms with Crippen LogP contribution in [0.3, 0.4) is 0 Å². The molecule has 1 heterocycles. The normalized spacial score (nSPS) is 14.9. The highest BCUT2D eigenvalue weighted by Gasteiger charge is 2.17. The Kier molecular flexibility index (Phi) is 5.94. The summed E-state index contributed by atoms with van der Waals surface area (Å²) in [6.07, 6.45) is 6.32. The molecule has 2 N–H and O–H groups in total. The second-order valence-electron chi connectivity index (χ2n) is 7.31. The van der Waals surface area contributed by atoms with Crippen LogP contribution in [0.5, 0.6) is 0 Å². The molecule has 1 amide bonds. The van der Waals surface area contributed by atoms with Gasteiger partial charge in [0.2, 0.25) is 0 Å². The summed E-state index contributed by atoms with van der Waals surface area (Å²) in [4.78, 5) is 23.3. The van der Waals surface area contributed by atoms with E-state index in [1.165, 1.54) is 19.3 Å². The van der Waals surface area contributed by atoms with Crippen LogP contribution < -0.4 is 5.32 Å². The number of aliphatic carboxylic acids is 1. The van der Waals surface area contributed by atoms with Crippen molar-refractivity contribution in [2.45, 2.75) is 64.8 Å². The third-order valence-electron chi connectivity index (χ3n) is 5.34. The third-order valence-corrected chi connectivity index (χ3v) is 5.34. The Hall–Kier alpha value is -2.63. The fourth-order valence-corrected chi connectivity index (χ4v) is 3.79. The molecule has 0 spiro atoms. The number of amides is 1. The molecule has 0 unspecified atom stereocenters. The number of carboxylic acids is 1. The molecule has 6 nitrogen and oxygen atoms in total. The molecule has 1 aromatic carbocycles. The molecule has 144 valence electrons. The van der Waals surface area contributed by atoms with Crippen molar-refractivity contribution in [1.82, 2.24) is 15.1 Å². The van der Waals surface area contributed by atoms with E-state index < -0.39 is 5.97 Å². The summed E-state index contributed by atoms with van der Waals surface area (Å²) in [7, 11) is 0. The second kappa shape index (κ2) is 8.37. The molecular weight excluding hydrogens is 342 g/mol. The maximum absolute atomic E-state index is 12.4. The van der Waals surface area contributed by atoms with Gasteiger partial charge in [-0.15, -0.1) is 0 Å². The van der Waals surface area contributed by atoms with Crippen LogP contribution in [0.15, 0.2) is 24.3 Å². The maximum atomic E-state index is 12.4. The molecule has 0 bridgehead atoms. The zero-order valence-electron chi connectivity index (χ0n) is 16.0. The van der Waals surface area contributed by atoms with Crippen molar-refractivity contribution >= 4 is 11.9 Å². The highest BCUT2D eigenvalue weighted by Crippen LogP contribution is 2.21. The van der Waals surface area contributed by atoms with Crippen LogP contribution in [0.4, 0.5) is 0 Å². The quantitative estimate of drug-likeness (QED) is 0.815. The number of hydrogen-bond acceptors (Lipinski definition) is 3. The molecule has 1 aliphatic rings. The van der Waals surface area contributed by atoms with Gasteiger partial charge in [-0.1, -0.05) is 19.3 Å². The van der Waals surface area contributed by atoms with E-state index in [9.17, 15) is 9.59 Å². The van der Waals surface area contributed by atoms with E-state index >= 15 is 0 Å². The predicted octanol–water partition coefficient (Wildman–Crippen LogP) is 3.57. The summed E-state index contributed by atoms with van der Waals surface area (Å²) >= 11 is 0. The third kappa shape index (κ3) is 4.56. The average molecular weight is 369 g/mol. The van der Waals surface area contributed by atoms with Crippen molar-refractivity contribution in [2.24, 2.45) is 0 Å². The van der Waals surface area contributed by atoms with Crippen molar-refractivity contribution in [1.29, 1.82) is 0 Å². The smallest absolute Gasteiger partial charge is 0.303 e. The van der Waals surface area contributed by atoms with Crippen molar-refractivity contribution in [2.75, 3.05) is 0 Å². The minimum absolute atomic E-state index is 0.0241. The summed E-state index contributed by atoms with van der Waals surface area (Å²) in [5.41, 5.74) is 4.26. The lowest BCUT2D eigenvalue weighted by molar-refractivity contribution is -0.136. The molecule has 1 fully saturated rings. The van der Waals surface area contributed by atoms with Gasteiger partial charge in [0.25, 0.3) is 5.91 Å². The van der Waals surface area contributed by atoms with Gasteiger partial charge in [-0.05, 0) is 62.9 Å². The standard InChI is InChI=1S/C21H27N3O3/c1-14-19(12-13-20(25)26)15(2)24(23-14)18-10-8-16(9-11-18)21(27)22-17-6-4-3-5-7-17/h8-11,17H,3-7,12-13H2,1-2H3,(H,22,27)(H,25,26). The summed E-state index contributed by atoms with van der Waals surface area (Å²) in [6, 6.07) is 7.70. The van der Waals surface area contributed by atoms with Crippen molar-refractivity contribution in [3.8, 4) is 5.69 Å². The largest absolute Gasteiger partial charge is 0.481 e. The molecule has 2 aromatic rings. The van der Waals surface area contributed by atoms with Crippen LogP contribution in [0, 0.1) is 13.8 Å². The number of rotatable bonds is 6. The number of carbonyl (C=O) groups excluding carboxylic acids is 1. The first kappa shape index (κ1) is 19.1. The lowest BCUT2D eigenvalue weighted by Crippen LogP contribution is -2.36. The minimum Gasteiger partial charge on any atom is -0.481 e. The van der Waals surface area contributed by atoms with Crippen LogP contribution in [0.1, 0.15) is 65.8 Å². The van der Waals surface area contributed by atoms with Crippen LogP contribution in [0.2, 0.25) is 0 Å². The topological polar surface area (TPSA) is 84.2 Å². The molecule has 0 saturated heterocycles.